The highest BCUT2D eigenvalue weighted by Crippen LogP contribution is 2.38. The third kappa shape index (κ3) is 3.04. The van der Waals surface area contributed by atoms with Gasteiger partial charge in [-0.15, -0.1) is 11.3 Å². The molecular weight excluding hydrogens is 304 g/mol. The first-order valence-corrected chi connectivity index (χ1v) is 8.86. The summed E-state index contributed by atoms with van der Waals surface area (Å²) in [6.45, 7) is 3.14. The quantitative estimate of drug-likeness (QED) is 0.787. The van der Waals surface area contributed by atoms with Gasteiger partial charge in [-0.2, -0.15) is 4.37 Å². The Hall–Kier alpha value is -1.18. The number of nitrogens with one attached hydrogen (secondary N) is 1. The first-order valence-electron chi connectivity index (χ1n) is 7.21. The topological polar surface area (TPSA) is 84.1 Å². The van der Waals surface area contributed by atoms with Crippen LogP contribution >= 0.6 is 22.9 Å². The number of aryl methyl sites for hydroxylation is 1. The molecule has 2 heterocycles. The van der Waals surface area contributed by atoms with Gasteiger partial charge in [0.1, 0.15) is 10.8 Å². The van der Waals surface area contributed by atoms with E-state index in [9.17, 15) is 5.11 Å². The molecule has 1 saturated carbocycles. The van der Waals surface area contributed by atoms with Crippen molar-refractivity contribution in [3.05, 3.63) is 10.4 Å². The Morgan fingerprint density at radius 3 is 2.95 bits per heavy atom. The van der Waals surface area contributed by atoms with E-state index in [1.807, 2.05) is 12.3 Å². The molecule has 2 unspecified atom stereocenters. The summed E-state index contributed by atoms with van der Waals surface area (Å²) in [6.07, 6.45) is 3.52. The molecule has 114 valence electrons. The molecule has 21 heavy (non-hydrogen) atoms. The minimum absolute atomic E-state index is 0.287. The second-order valence-electron chi connectivity index (χ2n) is 5.54. The Bertz CT molecular complexity index is 610. The first-order chi connectivity index (χ1) is 10.2. The summed E-state index contributed by atoms with van der Waals surface area (Å²) in [4.78, 5) is 4.51. The molecule has 0 saturated heterocycles. The van der Waals surface area contributed by atoms with E-state index >= 15 is 0 Å². The summed E-state index contributed by atoms with van der Waals surface area (Å²) in [5.74, 6) is 1.49. The summed E-state index contributed by atoms with van der Waals surface area (Å²) in [6, 6.07) is 0. The Morgan fingerprint density at radius 1 is 1.43 bits per heavy atom. The molecule has 5 nitrogen and oxygen atoms in total. The van der Waals surface area contributed by atoms with Gasteiger partial charge in [-0.25, -0.2) is 4.98 Å². The fraction of sp³-hybridized carbons (Fsp3) is 0.571. The molecule has 1 aliphatic carbocycles. The van der Waals surface area contributed by atoms with E-state index < -0.39 is 0 Å². The van der Waals surface area contributed by atoms with Crippen molar-refractivity contribution in [3.63, 3.8) is 0 Å². The number of aromatic nitrogens is 2. The van der Waals surface area contributed by atoms with Crippen molar-refractivity contribution in [1.82, 2.24) is 9.36 Å². The van der Waals surface area contributed by atoms with Crippen molar-refractivity contribution in [1.29, 1.82) is 0 Å². The lowest BCUT2D eigenvalue weighted by Crippen LogP contribution is -2.20. The second-order valence-corrected chi connectivity index (χ2v) is 7.37. The summed E-state index contributed by atoms with van der Waals surface area (Å²) in [5, 5.41) is 16.9. The molecule has 2 aromatic heterocycles. The monoisotopic (exact) mass is 324 g/mol. The minimum atomic E-state index is 0.287. The van der Waals surface area contributed by atoms with Crippen molar-refractivity contribution in [3.8, 4) is 11.3 Å². The molecule has 0 aromatic carbocycles. The van der Waals surface area contributed by atoms with Gasteiger partial charge in [0.2, 0.25) is 0 Å². The fourth-order valence-corrected chi connectivity index (χ4v) is 4.33. The second kappa shape index (κ2) is 6.29. The smallest absolute Gasteiger partial charge is 0.148 e. The van der Waals surface area contributed by atoms with Crippen LogP contribution in [0.1, 0.15) is 24.3 Å². The Morgan fingerprint density at radius 2 is 2.24 bits per heavy atom. The van der Waals surface area contributed by atoms with Gasteiger partial charge in [-0.05, 0) is 43.1 Å². The maximum absolute atomic E-state index is 9.41. The number of thiazole rings is 1. The van der Waals surface area contributed by atoms with Crippen molar-refractivity contribution in [2.45, 2.75) is 26.2 Å². The third-order valence-electron chi connectivity index (χ3n) is 4.17. The number of rotatable bonds is 5. The predicted molar refractivity (Wildman–Crippen MR) is 88.8 cm³/mol. The average Bonchev–Trinajstić information content (AvgIpc) is 3.16. The maximum atomic E-state index is 9.41. The standard InChI is InChI=1S/C14H20N4OS2/c1-8-17-11(7-20-8)12-13(15)18-21-14(12)16-5-9-3-2-4-10(9)6-19/h7,9-10,16,19H,2-6H2,1H3,(H2,15,18). The van der Waals surface area contributed by atoms with Crippen LogP contribution in [-0.4, -0.2) is 27.6 Å². The molecule has 2 aromatic rings. The van der Waals surface area contributed by atoms with E-state index in [0.29, 0.717) is 17.7 Å². The molecule has 0 aliphatic heterocycles. The lowest BCUT2D eigenvalue weighted by molar-refractivity contribution is 0.199. The average molecular weight is 324 g/mol. The van der Waals surface area contributed by atoms with Crippen molar-refractivity contribution >= 4 is 33.7 Å². The Kier molecular flexibility index (Phi) is 4.42. The van der Waals surface area contributed by atoms with Crippen LogP contribution in [0.3, 0.4) is 0 Å². The summed E-state index contributed by atoms with van der Waals surface area (Å²) in [5.41, 5.74) is 7.82. The normalized spacial score (nSPS) is 21.8. The number of hydrogen-bond donors (Lipinski definition) is 3. The van der Waals surface area contributed by atoms with Crippen LogP contribution in [0.15, 0.2) is 5.38 Å². The molecule has 0 spiro atoms. The zero-order valence-corrected chi connectivity index (χ0v) is 13.6. The number of anilines is 2. The minimum Gasteiger partial charge on any atom is -0.396 e. The number of aliphatic hydroxyl groups excluding tert-OH is 1. The van der Waals surface area contributed by atoms with E-state index in [2.05, 4.69) is 14.7 Å². The molecule has 1 aliphatic rings. The van der Waals surface area contributed by atoms with Crippen molar-refractivity contribution in [2.75, 3.05) is 24.2 Å². The van der Waals surface area contributed by atoms with E-state index in [1.165, 1.54) is 24.4 Å². The Labute approximate surface area is 132 Å². The largest absolute Gasteiger partial charge is 0.396 e. The number of nitrogen functional groups attached to an aromatic ring is 1. The van der Waals surface area contributed by atoms with Gasteiger partial charge in [-0.3, -0.25) is 0 Å². The zero-order valence-electron chi connectivity index (χ0n) is 12.0. The van der Waals surface area contributed by atoms with Crippen molar-refractivity contribution < 1.29 is 5.11 Å². The fourth-order valence-electron chi connectivity index (χ4n) is 3.00. The number of nitrogens with two attached hydrogens (primary N) is 1. The van der Waals surface area contributed by atoms with Gasteiger partial charge >= 0.3 is 0 Å². The van der Waals surface area contributed by atoms with E-state index in [-0.39, 0.29) is 6.61 Å². The highest BCUT2D eigenvalue weighted by atomic mass is 32.1. The van der Waals surface area contributed by atoms with Gasteiger partial charge in [0.15, 0.2) is 0 Å². The van der Waals surface area contributed by atoms with E-state index in [4.69, 9.17) is 5.73 Å². The first kappa shape index (κ1) is 14.7. The molecule has 3 rings (SSSR count). The van der Waals surface area contributed by atoms with Crippen LogP contribution in [0, 0.1) is 18.8 Å². The van der Waals surface area contributed by atoms with E-state index in [0.717, 1.165) is 34.2 Å². The molecule has 0 radical (unpaired) electrons. The molecular formula is C14H20N4OS2. The molecule has 4 N–H and O–H groups in total. The van der Waals surface area contributed by atoms with Crippen molar-refractivity contribution in [2.24, 2.45) is 11.8 Å². The van der Waals surface area contributed by atoms with Gasteiger partial charge < -0.3 is 16.2 Å². The van der Waals surface area contributed by atoms with Crippen LogP contribution < -0.4 is 11.1 Å². The number of aliphatic hydroxyl groups is 1. The van der Waals surface area contributed by atoms with Crippen LogP contribution in [-0.2, 0) is 0 Å². The van der Waals surface area contributed by atoms with Gasteiger partial charge in [0.05, 0.1) is 16.3 Å². The highest BCUT2D eigenvalue weighted by molar-refractivity contribution is 7.11. The molecule has 0 amide bonds. The van der Waals surface area contributed by atoms with Crippen LogP contribution in [0.4, 0.5) is 10.8 Å². The van der Waals surface area contributed by atoms with Gasteiger partial charge in [-0.1, -0.05) is 6.42 Å². The summed E-state index contributed by atoms with van der Waals surface area (Å²) < 4.78 is 4.26. The third-order valence-corrected chi connectivity index (χ3v) is 5.76. The van der Waals surface area contributed by atoms with Crippen LogP contribution in [0.2, 0.25) is 0 Å². The highest BCUT2D eigenvalue weighted by Gasteiger charge is 2.27. The molecule has 1 fully saturated rings. The maximum Gasteiger partial charge on any atom is 0.148 e. The number of hydrogen-bond acceptors (Lipinski definition) is 7. The van der Waals surface area contributed by atoms with Gasteiger partial charge in [0.25, 0.3) is 0 Å². The predicted octanol–water partition coefficient (Wildman–Crippen LogP) is 2.98. The van der Waals surface area contributed by atoms with Crippen LogP contribution in [0.25, 0.3) is 11.3 Å². The summed E-state index contributed by atoms with van der Waals surface area (Å²) in [7, 11) is 0. The zero-order chi connectivity index (χ0) is 14.8. The SMILES string of the molecule is Cc1nc(-c2c(N)nsc2NCC2CCCC2CO)cs1. The molecule has 2 atom stereocenters. The molecule has 7 heteroatoms. The van der Waals surface area contributed by atoms with Crippen LogP contribution in [0.5, 0.6) is 0 Å². The van der Waals surface area contributed by atoms with Gasteiger partial charge in [0, 0.05) is 18.5 Å². The lowest BCUT2D eigenvalue weighted by atomic mass is 9.97. The Balaban J connectivity index is 1.74. The lowest BCUT2D eigenvalue weighted by Gasteiger charge is -2.18. The van der Waals surface area contributed by atoms with E-state index in [1.54, 1.807) is 11.3 Å². The molecule has 0 bridgehead atoms. The number of nitrogens with zero attached hydrogens (tertiary/aromatic N) is 2. The summed E-state index contributed by atoms with van der Waals surface area (Å²) >= 11 is 3.01.